The predicted octanol–water partition coefficient (Wildman–Crippen LogP) is 1.65. The monoisotopic (exact) mass is 226 g/mol. The fourth-order valence-electron chi connectivity index (χ4n) is 1.46. The van der Waals surface area contributed by atoms with Crippen LogP contribution in [-0.4, -0.2) is 11.1 Å². The van der Waals surface area contributed by atoms with Gasteiger partial charge >= 0.3 is 5.97 Å². The molecule has 3 heteroatoms. The van der Waals surface area contributed by atoms with Crippen molar-refractivity contribution < 1.29 is 31.0 Å². The van der Waals surface area contributed by atoms with Gasteiger partial charge < -0.3 is 5.11 Å². The molecule has 0 aromatic rings. The van der Waals surface area contributed by atoms with Crippen LogP contribution >= 0.6 is 0 Å². The van der Waals surface area contributed by atoms with Crippen LogP contribution in [0.5, 0.6) is 0 Å². The number of rotatable bonds is 2. The summed E-state index contributed by atoms with van der Waals surface area (Å²) < 4.78 is 0. The van der Waals surface area contributed by atoms with Crippen molar-refractivity contribution in [3.05, 3.63) is 0 Å². The molecule has 0 radical (unpaired) electrons. The molecule has 0 unspecified atom stereocenters. The molecule has 0 heterocycles. The zero-order valence-corrected chi connectivity index (χ0v) is 7.88. The van der Waals surface area contributed by atoms with Crippen LogP contribution in [0.4, 0.5) is 0 Å². The van der Waals surface area contributed by atoms with Gasteiger partial charge in [0.25, 0.3) is 0 Å². The van der Waals surface area contributed by atoms with Crippen molar-refractivity contribution in [3.63, 3.8) is 0 Å². The molecule has 0 aromatic heterocycles. The van der Waals surface area contributed by atoms with Gasteiger partial charge in [-0.25, -0.2) is 0 Å². The van der Waals surface area contributed by atoms with Crippen molar-refractivity contribution in [1.82, 2.24) is 0 Å². The van der Waals surface area contributed by atoms with Gasteiger partial charge in [-0.3, -0.25) is 4.79 Å². The third kappa shape index (κ3) is 3.36. The molecule has 1 fully saturated rings. The number of carboxylic acids is 1. The molecular formula is C7H12MoO2. The van der Waals surface area contributed by atoms with E-state index in [1.54, 1.807) is 0 Å². The molecule has 0 aliphatic heterocycles. The predicted molar refractivity (Wildman–Crippen MR) is 34.2 cm³/mol. The third-order valence-electron chi connectivity index (χ3n) is 1.94. The fourth-order valence-corrected chi connectivity index (χ4v) is 1.46. The molecule has 10 heavy (non-hydrogen) atoms. The van der Waals surface area contributed by atoms with Gasteiger partial charge in [0.15, 0.2) is 0 Å². The number of hydrogen-bond donors (Lipinski definition) is 1. The topological polar surface area (TPSA) is 37.3 Å². The van der Waals surface area contributed by atoms with Crippen LogP contribution in [0.15, 0.2) is 0 Å². The second kappa shape index (κ2) is 4.90. The van der Waals surface area contributed by atoms with Gasteiger partial charge in [-0.05, 0) is 18.8 Å². The van der Waals surface area contributed by atoms with E-state index >= 15 is 0 Å². The number of aliphatic carboxylic acids is 1. The van der Waals surface area contributed by atoms with E-state index < -0.39 is 5.97 Å². The van der Waals surface area contributed by atoms with E-state index in [9.17, 15) is 4.79 Å². The summed E-state index contributed by atoms with van der Waals surface area (Å²) in [5, 5.41) is 8.37. The summed E-state index contributed by atoms with van der Waals surface area (Å²) in [5.41, 5.74) is 0. The maximum Gasteiger partial charge on any atom is 0.303 e. The summed E-state index contributed by atoms with van der Waals surface area (Å²) in [6.07, 6.45) is 5.12. The Morgan fingerprint density at radius 3 is 2.30 bits per heavy atom. The standard InChI is InChI=1S/C7H12O2.Mo/c8-7(9)5-6-3-1-2-4-6;/h6H,1-5H2,(H,8,9);. The first kappa shape index (κ1) is 10.2. The average Bonchev–Trinajstić information content (AvgIpc) is 2.15. The van der Waals surface area contributed by atoms with Gasteiger partial charge in [-0.1, -0.05) is 12.8 Å². The zero-order chi connectivity index (χ0) is 6.69. The molecule has 1 aliphatic carbocycles. The zero-order valence-electron chi connectivity index (χ0n) is 5.88. The molecule has 0 spiro atoms. The van der Waals surface area contributed by atoms with Crippen LogP contribution in [-0.2, 0) is 25.9 Å². The van der Waals surface area contributed by atoms with E-state index in [0.29, 0.717) is 12.3 Å². The summed E-state index contributed by atoms with van der Waals surface area (Å²) in [4.78, 5) is 10.2. The van der Waals surface area contributed by atoms with Gasteiger partial charge in [0.2, 0.25) is 0 Å². The SMILES string of the molecule is O=C(O)CC1CCCC1.[Mo]. The average molecular weight is 224 g/mol. The molecular weight excluding hydrogens is 212 g/mol. The minimum atomic E-state index is -0.637. The van der Waals surface area contributed by atoms with Crippen LogP contribution < -0.4 is 0 Å². The van der Waals surface area contributed by atoms with Crippen LogP contribution in [0.1, 0.15) is 32.1 Å². The molecule has 1 aliphatic rings. The van der Waals surface area contributed by atoms with Crippen molar-refractivity contribution in [2.45, 2.75) is 32.1 Å². The van der Waals surface area contributed by atoms with Gasteiger partial charge in [0.1, 0.15) is 0 Å². The summed E-state index contributed by atoms with van der Waals surface area (Å²) >= 11 is 0. The second-order valence-electron chi connectivity index (χ2n) is 2.75. The minimum Gasteiger partial charge on any atom is -0.481 e. The summed E-state index contributed by atoms with van der Waals surface area (Å²) in [6, 6.07) is 0. The maximum atomic E-state index is 10.2. The van der Waals surface area contributed by atoms with Crippen LogP contribution in [0.25, 0.3) is 0 Å². The number of hydrogen-bond acceptors (Lipinski definition) is 1. The van der Waals surface area contributed by atoms with Crippen LogP contribution in [0, 0.1) is 5.92 Å². The van der Waals surface area contributed by atoms with Gasteiger partial charge in [-0.15, -0.1) is 0 Å². The van der Waals surface area contributed by atoms with E-state index in [1.807, 2.05) is 0 Å². The van der Waals surface area contributed by atoms with E-state index in [2.05, 4.69) is 0 Å². The molecule has 0 bridgehead atoms. The van der Waals surface area contributed by atoms with Gasteiger partial charge in [0.05, 0.1) is 0 Å². The molecule has 58 valence electrons. The molecule has 1 saturated carbocycles. The van der Waals surface area contributed by atoms with Crippen molar-refractivity contribution in [1.29, 1.82) is 0 Å². The third-order valence-corrected chi connectivity index (χ3v) is 1.94. The van der Waals surface area contributed by atoms with Crippen LogP contribution in [0.2, 0.25) is 0 Å². The van der Waals surface area contributed by atoms with Crippen LogP contribution in [0.3, 0.4) is 0 Å². The largest absolute Gasteiger partial charge is 0.481 e. The van der Waals surface area contributed by atoms with E-state index in [0.717, 1.165) is 12.8 Å². The Balaban J connectivity index is 0.000000810. The Hall–Kier alpha value is 0.158. The first-order chi connectivity index (χ1) is 4.29. The van der Waals surface area contributed by atoms with E-state index in [4.69, 9.17) is 5.11 Å². The first-order valence-electron chi connectivity index (χ1n) is 3.51. The van der Waals surface area contributed by atoms with Crippen molar-refractivity contribution in [2.75, 3.05) is 0 Å². The molecule has 1 rings (SSSR count). The fraction of sp³-hybridized carbons (Fsp3) is 0.857. The minimum absolute atomic E-state index is 0. The summed E-state index contributed by atoms with van der Waals surface area (Å²) in [5.74, 6) is -0.149. The molecule has 0 atom stereocenters. The van der Waals surface area contributed by atoms with Crippen molar-refractivity contribution >= 4 is 5.97 Å². The van der Waals surface area contributed by atoms with Crippen molar-refractivity contribution in [2.24, 2.45) is 5.92 Å². The van der Waals surface area contributed by atoms with E-state index in [1.165, 1.54) is 12.8 Å². The summed E-state index contributed by atoms with van der Waals surface area (Å²) in [7, 11) is 0. The number of carbonyl (C=O) groups is 1. The van der Waals surface area contributed by atoms with Gasteiger partial charge in [-0.2, -0.15) is 0 Å². The molecule has 0 saturated heterocycles. The molecule has 0 aromatic carbocycles. The first-order valence-corrected chi connectivity index (χ1v) is 3.51. The Morgan fingerprint density at radius 2 is 1.90 bits per heavy atom. The number of carboxylic acid groups (broad SMARTS) is 1. The summed E-state index contributed by atoms with van der Waals surface area (Å²) in [6.45, 7) is 0. The Bertz CT molecular complexity index is 108. The van der Waals surface area contributed by atoms with E-state index in [-0.39, 0.29) is 21.1 Å². The normalized spacial score (nSPS) is 18.4. The quantitative estimate of drug-likeness (QED) is 0.724. The Morgan fingerprint density at radius 1 is 1.40 bits per heavy atom. The van der Waals surface area contributed by atoms with Gasteiger partial charge in [0, 0.05) is 27.5 Å². The Kier molecular flexibility index (Phi) is 4.97. The second-order valence-corrected chi connectivity index (χ2v) is 2.75. The molecule has 1 N–H and O–H groups in total. The maximum absolute atomic E-state index is 10.2. The van der Waals surface area contributed by atoms with Crippen molar-refractivity contribution in [3.8, 4) is 0 Å². The Labute approximate surface area is 75.3 Å². The molecule has 2 nitrogen and oxygen atoms in total. The molecule has 0 amide bonds. The smallest absolute Gasteiger partial charge is 0.303 e.